The van der Waals surface area contributed by atoms with Gasteiger partial charge in [-0.1, -0.05) is 19.9 Å². The molecule has 0 amide bonds. The van der Waals surface area contributed by atoms with Gasteiger partial charge in [0.2, 0.25) is 0 Å². The average Bonchev–Trinajstić information content (AvgIpc) is 3.21. The fourth-order valence-corrected chi connectivity index (χ4v) is 2.50. The number of nitrogens with zero attached hydrogens (tertiary/aromatic N) is 1. The molecule has 1 saturated carbocycles. The number of benzene rings is 1. The molecule has 0 bridgehead atoms. The minimum absolute atomic E-state index is 0.248. The van der Waals surface area contributed by atoms with Crippen molar-refractivity contribution in [3.8, 4) is 0 Å². The Balaban J connectivity index is 2.31. The molecule has 2 rings (SSSR count). The minimum Gasteiger partial charge on any atom is -0.368 e. The zero-order valence-corrected chi connectivity index (χ0v) is 12.8. The second-order valence-electron chi connectivity index (χ2n) is 5.90. The van der Waals surface area contributed by atoms with Gasteiger partial charge in [0.25, 0.3) is 0 Å². The monoisotopic (exact) mass is 300 g/mol. The van der Waals surface area contributed by atoms with Crippen molar-refractivity contribution in [1.82, 2.24) is 5.32 Å². The van der Waals surface area contributed by atoms with Gasteiger partial charge in [0.05, 0.1) is 5.56 Å². The van der Waals surface area contributed by atoms with E-state index in [2.05, 4.69) is 5.32 Å². The number of halogens is 3. The molecule has 1 aromatic carbocycles. The van der Waals surface area contributed by atoms with Crippen molar-refractivity contribution in [3.05, 3.63) is 29.3 Å². The fourth-order valence-electron chi connectivity index (χ4n) is 2.50. The maximum Gasteiger partial charge on any atom is 0.418 e. The molecule has 0 unspecified atom stereocenters. The van der Waals surface area contributed by atoms with Gasteiger partial charge >= 0.3 is 6.18 Å². The van der Waals surface area contributed by atoms with Crippen molar-refractivity contribution in [1.29, 1.82) is 0 Å². The Kier molecular flexibility index (Phi) is 4.81. The summed E-state index contributed by atoms with van der Waals surface area (Å²) in [6.07, 6.45) is -2.34. The molecule has 21 heavy (non-hydrogen) atoms. The van der Waals surface area contributed by atoms with Gasteiger partial charge in [-0.05, 0) is 37.5 Å². The van der Waals surface area contributed by atoms with Crippen LogP contribution in [0.5, 0.6) is 0 Å². The molecular formula is C16H23F3N2. The predicted molar refractivity (Wildman–Crippen MR) is 79.5 cm³/mol. The van der Waals surface area contributed by atoms with Crippen molar-refractivity contribution in [3.63, 3.8) is 0 Å². The Hall–Kier alpha value is -1.23. The Bertz CT molecular complexity index is 479. The van der Waals surface area contributed by atoms with Gasteiger partial charge in [-0.2, -0.15) is 13.2 Å². The highest BCUT2D eigenvalue weighted by molar-refractivity contribution is 5.58. The van der Waals surface area contributed by atoms with E-state index in [1.807, 2.05) is 25.7 Å². The first-order chi connectivity index (χ1) is 9.82. The van der Waals surface area contributed by atoms with Crippen LogP contribution in [0.3, 0.4) is 0 Å². The van der Waals surface area contributed by atoms with Crippen molar-refractivity contribution in [2.75, 3.05) is 11.4 Å². The van der Waals surface area contributed by atoms with Crippen LogP contribution in [0.4, 0.5) is 18.9 Å². The third kappa shape index (κ3) is 4.13. The molecule has 118 valence electrons. The van der Waals surface area contributed by atoms with Crippen LogP contribution in [0.15, 0.2) is 18.2 Å². The maximum absolute atomic E-state index is 13.4. The summed E-state index contributed by atoms with van der Waals surface area (Å²) in [5.41, 5.74) is 0.478. The topological polar surface area (TPSA) is 15.3 Å². The largest absolute Gasteiger partial charge is 0.418 e. The number of hydrogen-bond acceptors (Lipinski definition) is 2. The fraction of sp³-hybridized carbons (Fsp3) is 0.625. The summed E-state index contributed by atoms with van der Waals surface area (Å²) in [7, 11) is 0. The van der Waals surface area contributed by atoms with E-state index in [0.717, 1.165) is 12.8 Å². The van der Waals surface area contributed by atoms with Crippen LogP contribution in [0.2, 0.25) is 0 Å². The molecule has 0 aromatic heterocycles. The summed E-state index contributed by atoms with van der Waals surface area (Å²) < 4.78 is 40.1. The molecule has 0 heterocycles. The van der Waals surface area contributed by atoms with Crippen LogP contribution < -0.4 is 10.2 Å². The van der Waals surface area contributed by atoms with Gasteiger partial charge in [-0.15, -0.1) is 0 Å². The predicted octanol–water partition coefficient (Wildman–Crippen LogP) is 4.19. The van der Waals surface area contributed by atoms with E-state index in [1.54, 1.807) is 12.1 Å². The highest BCUT2D eigenvalue weighted by atomic mass is 19.4. The smallest absolute Gasteiger partial charge is 0.368 e. The molecule has 0 aliphatic heterocycles. The SMILES string of the molecule is CCN(c1ccc(CNC(C)C)cc1C(F)(F)F)C1CC1. The van der Waals surface area contributed by atoms with E-state index in [1.165, 1.54) is 6.07 Å². The lowest BCUT2D eigenvalue weighted by Crippen LogP contribution is -2.28. The standard InChI is InChI=1S/C16H23F3N2/c1-4-21(13-6-7-13)15-8-5-12(10-20-11(2)3)9-14(15)16(17,18)19/h5,8-9,11,13,20H,4,6-7,10H2,1-3H3. The lowest BCUT2D eigenvalue weighted by molar-refractivity contribution is -0.137. The van der Waals surface area contributed by atoms with Gasteiger partial charge in [0, 0.05) is 30.9 Å². The Morgan fingerprint density at radius 3 is 2.43 bits per heavy atom. The van der Waals surface area contributed by atoms with Crippen LogP contribution in [-0.2, 0) is 12.7 Å². The third-order valence-corrected chi connectivity index (χ3v) is 3.72. The molecule has 0 spiro atoms. The Morgan fingerprint density at radius 2 is 1.95 bits per heavy atom. The van der Waals surface area contributed by atoms with Gasteiger partial charge in [0.15, 0.2) is 0 Å². The lowest BCUT2D eigenvalue weighted by Gasteiger charge is -2.27. The highest BCUT2D eigenvalue weighted by Crippen LogP contribution is 2.41. The normalized spacial score (nSPS) is 15.6. The van der Waals surface area contributed by atoms with E-state index in [-0.39, 0.29) is 12.1 Å². The molecule has 1 aliphatic rings. The van der Waals surface area contributed by atoms with Crippen molar-refractivity contribution in [2.45, 2.75) is 58.4 Å². The molecule has 0 atom stereocenters. The summed E-state index contributed by atoms with van der Waals surface area (Å²) >= 11 is 0. The number of alkyl halides is 3. The summed E-state index contributed by atoms with van der Waals surface area (Å²) in [5.74, 6) is 0. The van der Waals surface area contributed by atoms with E-state index in [0.29, 0.717) is 24.3 Å². The molecule has 1 fully saturated rings. The van der Waals surface area contributed by atoms with Crippen LogP contribution in [-0.4, -0.2) is 18.6 Å². The molecule has 0 saturated heterocycles. The summed E-state index contributed by atoms with van der Waals surface area (Å²) in [6, 6.07) is 5.23. The van der Waals surface area contributed by atoms with Crippen LogP contribution in [0.25, 0.3) is 0 Å². The molecule has 1 N–H and O–H groups in total. The van der Waals surface area contributed by atoms with Gasteiger partial charge in [-0.25, -0.2) is 0 Å². The first kappa shape index (κ1) is 16.1. The number of hydrogen-bond donors (Lipinski definition) is 1. The number of anilines is 1. The van der Waals surface area contributed by atoms with Gasteiger partial charge < -0.3 is 10.2 Å². The van der Waals surface area contributed by atoms with Gasteiger partial charge in [0.1, 0.15) is 0 Å². The van der Waals surface area contributed by atoms with Crippen LogP contribution in [0.1, 0.15) is 44.7 Å². The van der Waals surface area contributed by atoms with E-state index >= 15 is 0 Å². The third-order valence-electron chi connectivity index (χ3n) is 3.72. The zero-order chi connectivity index (χ0) is 15.6. The Labute approximate surface area is 124 Å². The zero-order valence-electron chi connectivity index (χ0n) is 12.8. The first-order valence-corrected chi connectivity index (χ1v) is 7.53. The second kappa shape index (κ2) is 6.26. The molecule has 2 nitrogen and oxygen atoms in total. The molecule has 0 radical (unpaired) electrons. The summed E-state index contributed by atoms with van der Waals surface area (Å²) in [4.78, 5) is 1.88. The molecule has 5 heteroatoms. The summed E-state index contributed by atoms with van der Waals surface area (Å²) in [6.45, 7) is 6.93. The highest BCUT2D eigenvalue weighted by Gasteiger charge is 2.38. The van der Waals surface area contributed by atoms with Gasteiger partial charge in [-0.3, -0.25) is 0 Å². The number of rotatable bonds is 6. The van der Waals surface area contributed by atoms with Crippen LogP contribution in [0, 0.1) is 0 Å². The van der Waals surface area contributed by atoms with Crippen molar-refractivity contribution < 1.29 is 13.2 Å². The van der Waals surface area contributed by atoms with E-state index in [4.69, 9.17) is 0 Å². The number of nitrogens with one attached hydrogen (secondary N) is 1. The second-order valence-corrected chi connectivity index (χ2v) is 5.90. The minimum atomic E-state index is -4.31. The molecule has 1 aromatic rings. The molecule has 1 aliphatic carbocycles. The Morgan fingerprint density at radius 1 is 1.29 bits per heavy atom. The molecular weight excluding hydrogens is 277 g/mol. The maximum atomic E-state index is 13.4. The average molecular weight is 300 g/mol. The van der Waals surface area contributed by atoms with Crippen LogP contribution >= 0.6 is 0 Å². The van der Waals surface area contributed by atoms with E-state index in [9.17, 15) is 13.2 Å². The quantitative estimate of drug-likeness (QED) is 0.847. The van der Waals surface area contributed by atoms with Crippen molar-refractivity contribution >= 4 is 5.69 Å². The van der Waals surface area contributed by atoms with Crippen molar-refractivity contribution in [2.24, 2.45) is 0 Å². The summed E-state index contributed by atoms with van der Waals surface area (Å²) in [5, 5.41) is 3.16. The lowest BCUT2D eigenvalue weighted by atomic mass is 10.1. The first-order valence-electron chi connectivity index (χ1n) is 7.53. The van der Waals surface area contributed by atoms with E-state index < -0.39 is 11.7 Å².